The topological polar surface area (TPSA) is 52.0 Å². The highest BCUT2D eigenvalue weighted by molar-refractivity contribution is 6.33. The number of hydrogen-bond acceptors (Lipinski definition) is 4. The highest BCUT2D eigenvalue weighted by atomic mass is 35.5. The third-order valence-electron chi connectivity index (χ3n) is 3.64. The summed E-state index contributed by atoms with van der Waals surface area (Å²) >= 11 is 6.25. The van der Waals surface area contributed by atoms with Gasteiger partial charge in [-0.1, -0.05) is 29.8 Å². The molecule has 0 bridgehead atoms. The molecule has 0 fully saturated rings. The Labute approximate surface area is 139 Å². The van der Waals surface area contributed by atoms with Gasteiger partial charge in [0, 0.05) is 37.4 Å². The second kappa shape index (κ2) is 6.71. The summed E-state index contributed by atoms with van der Waals surface area (Å²) in [5.41, 5.74) is 1.78. The molecule has 0 spiro atoms. The Kier molecular flexibility index (Phi) is 4.48. The van der Waals surface area contributed by atoms with Crippen LogP contribution in [0, 0.1) is 0 Å². The summed E-state index contributed by atoms with van der Waals surface area (Å²) in [7, 11) is 3.62. The summed E-state index contributed by atoms with van der Waals surface area (Å²) in [6, 6.07) is 9.50. The van der Waals surface area contributed by atoms with E-state index in [1.54, 1.807) is 25.7 Å². The van der Waals surface area contributed by atoms with Crippen LogP contribution in [-0.2, 0) is 7.05 Å². The Morgan fingerprint density at radius 2 is 2.04 bits per heavy atom. The van der Waals surface area contributed by atoms with Gasteiger partial charge in [-0.3, -0.25) is 4.98 Å². The van der Waals surface area contributed by atoms with Gasteiger partial charge in [0.05, 0.1) is 17.8 Å². The number of halogens is 1. The second-order valence-corrected chi connectivity index (χ2v) is 5.48. The third kappa shape index (κ3) is 3.14. The maximum Gasteiger partial charge on any atom is 0.135 e. The Bertz CT molecular complexity index is 803. The monoisotopic (exact) mass is 328 g/mol. The minimum Gasteiger partial charge on any atom is -0.496 e. The molecule has 0 aliphatic rings. The molecule has 5 nitrogen and oxygen atoms in total. The number of methoxy groups -OCH3 is 1. The normalized spacial score (nSPS) is 12.0. The second-order valence-electron chi connectivity index (χ2n) is 5.07. The Hall–Kier alpha value is -2.53. The van der Waals surface area contributed by atoms with Crippen LogP contribution >= 0.6 is 11.6 Å². The fourth-order valence-corrected chi connectivity index (χ4v) is 2.66. The molecule has 0 aliphatic heterocycles. The molecule has 2 heterocycles. The van der Waals surface area contributed by atoms with Crippen LogP contribution in [0.1, 0.15) is 17.4 Å². The highest BCUT2D eigenvalue weighted by Gasteiger charge is 2.22. The van der Waals surface area contributed by atoms with E-state index in [4.69, 9.17) is 16.3 Å². The van der Waals surface area contributed by atoms with Crippen molar-refractivity contribution >= 4 is 17.3 Å². The van der Waals surface area contributed by atoms with Gasteiger partial charge < -0.3 is 14.6 Å². The summed E-state index contributed by atoms with van der Waals surface area (Å²) in [5.74, 6) is 1.65. The molecular formula is C17H17ClN4O. The molecule has 6 heteroatoms. The van der Waals surface area contributed by atoms with Crippen molar-refractivity contribution in [3.63, 3.8) is 0 Å². The van der Waals surface area contributed by atoms with Crippen molar-refractivity contribution in [2.75, 3.05) is 12.4 Å². The lowest BCUT2D eigenvalue weighted by Crippen LogP contribution is -2.17. The molecule has 0 saturated heterocycles. The van der Waals surface area contributed by atoms with Crippen LogP contribution in [0.3, 0.4) is 0 Å². The van der Waals surface area contributed by atoms with E-state index < -0.39 is 0 Å². The minimum atomic E-state index is -0.203. The van der Waals surface area contributed by atoms with Gasteiger partial charge >= 0.3 is 0 Å². The molecule has 0 aliphatic carbocycles. The molecule has 3 aromatic rings. The minimum absolute atomic E-state index is 0.203. The number of aryl methyl sites for hydroxylation is 1. The van der Waals surface area contributed by atoms with E-state index in [1.807, 2.05) is 48.1 Å². The van der Waals surface area contributed by atoms with E-state index in [2.05, 4.69) is 15.3 Å². The third-order valence-corrected chi connectivity index (χ3v) is 3.94. The first-order valence-electron chi connectivity index (χ1n) is 7.17. The Morgan fingerprint density at radius 3 is 2.74 bits per heavy atom. The molecular weight excluding hydrogens is 312 g/mol. The van der Waals surface area contributed by atoms with Crippen LogP contribution in [0.5, 0.6) is 5.75 Å². The van der Waals surface area contributed by atoms with E-state index in [9.17, 15) is 0 Å². The van der Waals surface area contributed by atoms with E-state index >= 15 is 0 Å². The SMILES string of the molecule is COc1ccccc1C(Nc1ccncc1Cl)c1nccn1C. The molecule has 1 N–H and O–H groups in total. The number of anilines is 1. The molecule has 1 aromatic carbocycles. The first kappa shape index (κ1) is 15.4. The molecule has 0 amide bonds. The average molecular weight is 329 g/mol. The highest BCUT2D eigenvalue weighted by Crippen LogP contribution is 2.33. The smallest absolute Gasteiger partial charge is 0.135 e. The number of aromatic nitrogens is 3. The van der Waals surface area contributed by atoms with E-state index in [0.29, 0.717) is 5.02 Å². The lowest BCUT2D eigenvalue weighted by atomic mass is 10.0. The number of rotatable bonds is 5. The van der Waals surface area contributed by atoms with Gasteiger partial charge in [0.1, 0.15) is 17.6 Å². The maximum absolute atomic E-state index is 6.25. The standard InChI is InChI=1S/C17H17ClN4O/c1-22-10-9-20-17(22)16(12-5-3-4-6-15(12)23-2)21-14-7-8-19-11-13(14)18/h3-11,16H,1-2H3,(H,19,21). The van der Waals surface area contributed by atoms with Crippen LogP contribution in [0.15, 0.2) is 55.1 Å². The van der Waals surface area contributed by atoms with Crippen molar-refractivity contribution < 1.29 is 4.74 Å². The summed E-state index contributed by atoms with van der Waals surface area (Å²) in [4.78, 5) is 8.50. The Balaban J connectivity index is 2.08. The number of pyridine rings is 1. The van der Waals surface area contributed by atoms with Crippen molar-refractivity contribution in [1.29, 1.82) is 0 Å². The number of hydrogen-bond donors (Lipinski definition) is 1. The predicted molar refractivity (Wildman–Crippen MR) is 90.9 cm³/mol. The van der Waals surface area contributed by atoms with Crippen LogP contribution < -0.4 is 10.1 Å². The van der Waals surface area contributed by atoms with Gasteiger partial charge in [-0.15, -0.1) is 0 Å². The molecule has 0 saturated carbocycles. The van der Waals surface area contributed by atoms with Crippen molar-refractivity contribution in [3.05, 3.63) is 71.5 Å². The molecule has 23 heavy (non-hydrogen) atoms. The predicted octanol–water partition coefficient (Wildman–Crippen LogP) is 3.68. The van der Waals surface area contributed by atoms with Crippen molar-refractivity contribution in [2.45, 2.75) is 6.04 Å². The van der Waals surface area contributed by atoms with Gasteiger partial charge in [-0.05, 0) is 12.1 Å². The zero-order valence-corrected chi connectivity index (χ0v) is 13.7. The van der Waals surface area contributed by atoms with Crippen LogP contribution in [-0.4, -0.2) is 21.6 Å². The van der Waals surface area contributed by atoms with E-state index in [1.165, 1.54) is 0 Å². The van der Waals surface area contributed by atoms with Crippen LogP contribution in [0.25, 0.3) is 0 Å². The lowest BCUT2D eigenvalue weighted by Gasteiger charge is -2.22. The molecule has 0 radical (unpaired) electrons. The van der Waals surface area contributed by atoms with Crippen LogP contribution in [0.4, 0.5) is 5.69 Å². The van der Waals surface area contributed by atoms with E-state index in [-0.39, 0.29) is 6.04 Å². The number of benzene rings is 1. The molecule has 1 atom stereocenters. The van der Waals surface area contributed by atoms with Gasteiger partial charge in [-0.25, -0.2) is 4.98 Å². The van der Waals surface area contributed by atoms with Crippen molar-refractivity contribution in [2.24, 2.45) is 7.05 Å². The van der Waals surface area contributed by atoms with Gasteiger partial charge in [0.2, 0.25) is 0 Å². The number of nitrogens with zero attached hydrogens (tertiary/aromatic N) is 3. The average Bonchev–Trinajstić information content (AvgIpc) is 3.00. The fourth-order valence-electron chi connectivity index (χ4n) is 2.49. The number of para-hydroxylation sites is 1. The van der Waals surface area contributed by atoms with Gasteiger partial charge in [0.15, 0.2) is 0 Å². The molecule has 2 aromatic heterocycles. The number of imidazole rings is 1. The van der Waals surface area contributed by atoms with Crippen molar-refractivity contribution in [1.82, 2.24) is 14.5 Å². The number of nitrogens with one attached hydrogen (secondary N) is 1. The largest absolute Gasteiger partial charge is 0.496 e. The summed E-state index contributed by atoms with van der Waals surface area (Å²) in [5, 5.41) is 4.00. The first-order valence-corrected chi connectivity index (χ1v) is 7.54. The first-order chi connectivity index (χ1) is 11.2. The number of ether oxygens (including phenoxy) is 1. The quantitative estimate of drug-likeness (QED) is 0.776. The molecule has 3 rings (SSSR count). The lowest BCUT2D eigenvalue weighted by molar-refractivity contribution is 0.408. The zero-order valence-electron chi connectivity index (χ0n) is 12.9. The van der Waals surface area contributed by atoms with Gasteiger partial charge in [-0.2, -0.15) is 0 Å². The molecule has 118 valence electrons. The van der Waals surface area contributed by atoms with E-state index in [0.717, 1.165) is 22.8 Å². The van der Waals surface area contributed by atoms with Gasteiger partial charge in [0.25, 0.3) is 0 Å². The summed E-state index contributed by atoms with van der Waals surface area (Å²) < 4.78 is 7.48. The summed E-state index contributed by atoms with van der Waals surface area (Å²) in [6.45, 7) is 0. The maximum atomic E-state index is 6.25. The zero-order chi connectivity index (χ0) is 16.2. The molecule has 1 unspecified atom stereocenters. The Morgan fingerprint density at radius 1 is 1.22 bits per heavy atom. The summed E-state index contributed by atoms with van der Waals surface area (Å²) in [6.07, 6.45) is 6.99. The van der Waals surface area contributed by atoms with Crippen molar-refractivity contribution in [3.8, 4) is 5.75 Å². The fraction of sp³-hybridized carbons (Fsp3) is 0.176. The van der Waals surface area contributed by atoms with Crippen LogP contribution in [0.2, 0.25) is 5.02 Å².